The van der Waals surface area contributed by atoms with Crippen LogP contribution in [0.4, 0.5) is 0 Å². The van der Waals surface area contributed by atoms with E-state index in [0.29, 0.717) is 5.69 Å². The van der Waals surface area contributed by atoms with Crippen LogP contribution in [0.2, 0.25) is 0 Å². The Balaban J connectivity index is 1.76. The van der Waals surface area contributed by atoms with E-state index in [9.17, 15) is 4.79 Å². The van der Waals surface area contributed by atoms with Gasteiger partial charge in [-0.2, -0.15) is 0 Å². The molecule has 0 spiro atoms. The smallest absolute Gasteiger partial charge is 0.361 e. The minimum absolute atomic E-state index is 0.219. The van der Waals surface area contributed by atoms with Crippen molar-refractivity contribution in [3.8, 4) is 5.69 Å². The van der Waals surface area contributed by atoms with E-state index in [-0.39, 0.29) is 12.3 Å². The molecule has 0 atom stereocenters. The molecule has 2 aromatic carbocycles. The molecule has 0 radical (unpaired) electrons. The van der Waals surface area contributed by atoms with E-state index >= 15 is 0 Å². The van der Waals surface area contributed by atoms with Crippen LogP contribution in [0.1, 0.15) is 27.3 Å². The van der Waals surface area contributed by atoms with Crippen LogP contribution in [0.15, 0.2) is 54.6 Å². The summed E-state index contributed by atoms with van der Waals surface area (Å²) < 4.78 is 6.95. The zero-order chi connectivity index (χ0) is 16.2. The van der Waals surface area contributed by atoms with Crippen LogP contribution in [0, 0.1) is 13.8 Å². The van der Waals surface area contributed by atoms with E-state index < -0.39 is 5.97 Å². The highest BCUT2D eigenvalue weighted by atomic mass is 16.5. The highest BCUT2D eigenvalue weighted by molar-refractivity contribution is 5.88. The molecule has 0 aliphatic heterocycles. The van der Waals surface area contributed by atoms with Gasteiger partial charge >= 0.3 is 5.97 Å². The van der Waals surface area contributed by atoms with E-state index in [1.807, 2.05) is 61.5 Å². The Morgan fingerprint density at radius 3 is 2.43 bits per heavy atom. The second-order valence-electron chi connectivity index (χ2n) is 5.33. The second-order valence-corrected chi connectivity index (χ2v) is 5.33. The van der Waals surface area contributed by atoms with Gasteiger partial charge in [0.1, 0.15) is 6.61 Å². The number of benzene rings is 2. The van der Waals surface area contributed by atoms with Crippen molar-refractivity contribution in [3.63, 3.8) is 0 Å². The molecule has 0 amide bonds. The molecule has 3 rings (SSSR count). The third-order valence-electron chi connectivity index (χ3n) is 3.58. The monoisotopic (exact) mass is 307 g/mol. The van der Waals surface area contributed by atoms with Gasteiger partial charge in [0.2, 0.25) is 0 Å². The van der Waals surface area contributed by atoms with Crippen LogP contribution in [0.25, 0.3) is 5.69 Å². The maximum atomic E-state index is 12.2. The summed E-state index contributed by atoms with van der Waals surface area (Å²) in [5.74, 6) is -0.468. The first kappa shape index (κ1) is 15.0. The predicted molar refractivity (Wildman–Crippen MR) is 86.4 cm³/mol. The molecular weight excluding hydrogens is 290 g/mol. The number of rotatable bonds is 4. The number of hydrogen-bond donors (Lipinski definition) is 0. The zero-order valence-corrected chi connectivity index (χ0v) is 13.1. The predicted octanol–water partition coefficient (Wildman–Crippen LogP) is 3.24. The number of ether oxygens (including phenoxy) is 1. The third kappa shape index (κ3) is 3.29. The standard InChI is InChI=1S/C18H17N3O2/c1-13-8-10-16(11-9-13)21-14(2)17(19-20-21)18(22)23-12-15-6-4-3-5-7-15/h3-11H,12H2,1-2H3. The summed E-state index contributed by atoms with van der Waals surface area (Å²) in [6.07, 6.45) is 0. The van der Waals surface area contributed by atoms with Crippen LogP contribution in [0.5, 0.6) is 0 Å². The number of carbonyl (C=O) groups is 1. The molecule has 5 nitrogen and oxygen atoms in total. The Bertz CT molecular complexity index is 808. The lowest BCUT2D eigenvalue weighted by molar-refractivity contribution is 0.0464. The summed E-state index contributed by atoms with van der Waals surface area (Å²) in [5.41, 5.74) is 3.86. The molecule has 1 heterocycles. The van der Waals surface area contributed by atoms with Crippen molar-refractivity contribution in [1.29, 1.82) is 0 Å². The second kappa shape index (κ2) is 6.44. The Hall–Kier alpha value is -2.95. The van der Waals surface area contributed by atoms with Gasteiger partial charge in [-0.15, -0.1) is 5.10 Å². The van der Waals surface area contributed by atoms with Gasteiger partial charge in [-0.25, -0.2) is 9.48 Å². The van der Waals surface area contributed by atoms with Gasteiger partial charge in [0.15, 0.2) is 5.69 Å². The first-order valence-electron chi connectivity index (χ1n) is 7.35. The van der Waals surface area contributed by atoms with E-state index in [1.165, 1.54) is 0 Å². The maximum Gasteiger partial charge on any atom is 0.361 e. The number of aryl methyl sites for hydroxylation is 1. The Morgan fingerprint density at radius 1 is 1.04 bits per heavy atom. The summed E-state index contributed by atoms with van der Waals surface area (Å²) in [7, 11) is 0. The molecule has 0 saturated carbocycles. The summed E-state index contributed by atoms with van der Waals surface area (Å²) >= 11 is 0. The first-order valence-corrected chi connectivity index (χ1v) is 7.35. The molecule has 0 aliphatic rings. The highest BCUT2D eigenvalue weighted by Crippen LogP contribution is 2.14. The topological polar surface area (TPSA) is 57.0 Å². The average Bonchev–Trinajstić information content (AvgIpc) is 2.96. The molecule has 0 bridgehead atoms. The number of aromatic nitrogens is 3. The number of esters is 1. The summed E-state index contributed by atoms with van der Waals surface area (Å²) in [6, 6.07) is 17.4. The lowest BCUT2D eigenvalue weighted by Gasteiger charge is -2.05. The number of hydrogen-bond acceptors (Lipinski definition) is 4. The van der Waals surface area contributed by atoms with Crippen molar-refractivity contribution in [1.82, 2.24) is 15.0 Å². The Labute approximate surface area is 134 Å². The molecule has 23 heavy (non-hydrogen) atoms. The number of carbonyl (C=O) groups excluding carboxylic acids is 1. The lowest BCUT2D eigenvalue weighted by atomic mass is 10.2. The van der Waals surface area contributed by atoms with Crippen molar-refractivity contribution >= 4 is 5.97 Å². The van der Waals surface area contributed by atoms with E-state index in [0.717, 1.165) is 16.8 Å². The van der Waals surface area contributed by atoms with Crippen molar-refractivity contribution in [3.05, 3.63) is 77.1 Å². The van der Waals surface area contributed by atoms with Crippen LogP contribution in [-0.2, 0) is 11.3 Å². The molecular formula is C18H17N3O2. The fourth-order valence-corrected chi connectivity index (χ4v) is 2.24. The van der Waals surface area contributed by atoms with Gasteiger partial charge in [-0.05, 0) is 31.5 Å². The molecule has 116 valence electrons. The third-order valence-corrected chi connectivity index (χ3v) is 3.58. The van der Waals surface area contributed by atoms with Gasteiger partial charge in [-0.1, -0.05) is 53.2 Å². The molecule has 1 aromatic heterocycles. The van der Waals surface area contributed by atoms with Gasteiger partial charge < -0.3 is 4.74 Å². The first-order chi connectivity index (χ1) is 11.1. The molecule has 3 aromatic rings. The molecule has 0 fully saturated rings. The summed E-state index contributed by atoms with van der Waals surface area (Å²) in [4.78, 5) is 12.2. The summed E-state index contributed by atoms with van der Waals surface area (Å²) in [5, 5.41) is 8.02. The summed E-state index contributed by atoms with van der Waals surface area (Å²) in [6.45, 7) is 4.04. The van der Waals surface area contributed by atoms with E-state index in [2.05, 4.69) is 10.3 Å². The van der Waals surface area contributed by atoms with Crippen LogP contribution >= 0.6 is 0 Å². The molecule has 0 saturated heterocycles. The number of nitrogens with zero attached hydrogens (tertiary/aromatic N) is 3. The Kier molecular flexibility index (Phi) is 4.19. The van der Waals surface area contributed by atoms with Crippen LogP contribution in [0.3, 0.4) is 0 Å². The van der Waals surface area contributed by atoms with Crippen molar-refractivity contribution in [2.75, 3.05) is 0 Å². The largest absolute Gasteiger partial charge is 0.456 e. The molecule has 5 heteroatoms. The van der Waals surface area contributed by atoms with Crippen LogP contribution < -0.4 is 0 Å². The van der Waals surface area contributed by atoms with Gasteiger partial charge in [0.05, 0.1) is 11.4 Å². The molecule has 0 aliphatic carbocycles. The molecule has 0 N–H and O–H groups in total. The quantitative estimate of drug-likeness (QED) is 0.694. The maximum absolute atomic E-state index is 12.2. The van der Waals surface area contributed by atoms with E-state index in [4.69, 9.17) is 4.74 Å². The minimum Gasteiger partial charge on any atom is -0.456 e. The van der Waals surface area contributed by atoms with Gasteiger partial charge in [0.25, 0.3) is 0 Å². The molecule has 0 unspecified atom stereocenters. The van der Waals surface area contributed by atoms with Gasteiger partial charge in [-0.3, -0.25) is 0 Å². The lowest BCUT2D eigenvalue weighted by Crippen LogP contribution is -2.08. The highest BCUT2D eigenvalue weighted by Gasteiger charge is 2.18. The van der Waals surface area contributed by atoms with Gasteiger partial charge in [0, 0.05) is 0 Å². The zero-order valence-electron chi connectivity index (χ0n) is 13.1. The van der Waals surface area contributed by atoms with E-state index in [1.54, 1.807) is 11.6 Å². The SMILES string of the molecule is Cc1ccc(-n2nnc(C(=O)OCc3ccccc3)c2C)cc1. The fraction of sp³-hybridized carbons (Fsp3) is 0.167. The van der Waals surface area contributed by atoms with Crippen LogP contribution in [-0.4, -0.2) is 21.0 Å². The van der Waals surface area contributed by atoms with Crippen molar-refractivity contribution in [2.45, 2.75) is 20.5 Å². The fourth-order valence-electron chi connectivity index (χ4n) is 2.24. The Morgan fingerprint density at radius 2 is 1.74 bits per heavy atom. The van der Waals surface area contributed by atoms with Crippen molar-refractivity contribution in [2.24, 2.45) is 0 Å². The van der Waals surface area contributed by atoms with Crippen molar-refractivity contribution < 1.29 is 9.53 Å². The minimum atomic E-state index is -0.468. The average molecular weight is 307 g/mol. The normalized spacial score (nSPS) is 10.5.